The minimum absolute atomic E-state index is 0.00144. The lowest BCUT2D eigenvalue weighted by Crippen LogP contribution is -2.58. The zero-order chi connectivity index (χ0) is 40.1. The Hall–Kier alpha value is -3.79. The molecule has 4 rings (SSSR count). The zero-order valence-electron chi connectivity index (χ0n) is 30.8. The summed E-state index contributed by atoms with van der Waals surface area (Å²) in [6.07, 6.45) is -4.92. The summed E-state index contributed by atoms with van der Waals surface area (Å²) >= 11 is 0. The third-order valence-electron chi connectivity index (χ3n) is 9.30. The van der Waals surface area contributed by atoms with Crippen molar-refractivity contribution in [2.45, 2.75) is 108 Å². The number of hydrogen-bond acceptors (Lipinski definition) is 18. The summed E-state index contributed by atoms with van der Waals surface area (Å²) in [5.74, 6) is -1.19. The molecule has 1 aromatic heterocycles. The van der Waals surface area contributed by atoms with E-state index in [1.807, 2.05) is 6.92 Å². The molecule has 5 unspecified atom stereocenters. The molecule has 1 saturated carbocycles. The number of hydrogen-bond donors (Lipinski definition) is 4. The number of amides is 2. The molecular formula is C35H48N4O14S2. The Morgan fingerprint density at radius 2 is 1.64 bits per heavy atom. The first-order valence-corrected chi connectivity index (χ1v) is 20.2. The van der Waals surface area contributed by atoms with Crippen molar-refractivity contribution >= 4 is 62.8 Å². The number of nitrogens with zero attached hydrogens (tertiary/aromatic N) is 4. The second-order valence-corrected chi connectivity index (χ2v) is 15.8. The van der Waals surface area contributed by atoms with Gasteiger partial charge in [-0.3, -0.25) is 24.0 Å². The molecule has 1 aliphatic heterocycles. The number of aliphatic hydroxyl groups excluding tert-OH is 4. The average molecular weight is 813 g/mol. The number of rotatable bonds is 19. The highest BCUT2D eigenvalue weighted by molar-refractivity contribution is 8.78. The van der Waals surface area contributed by atoms with E-state index in [0.717, 1.165) is 10.7 Å². The Bertz CT molecular complexity index is 1650. The Morgan fingerprint density at radius 3 is 2.35 bits per heavy atom. The highest BCUT2D eigenvalue weighted by Crippen LogP contribution is 2.35. The van der Waals surface area contributed by atoms with E-state index in [0.29, 0.717) is 59.3 Å². The van der Waals surface area contributed by atoms with Crippen LogP contribution in [0.3, 0.4) is 0 Å². The van der Waals surface area contributed by atoms with Gasteiger partial charge in [0.25, 0.3) is 5.91 Å². The summed E-state index contributed by atoms with van der Waals surface area (Å²) in [5, 5.41) is 46.7. The molecule has 18 nitrogen and oxygen atoms in total. The topological polar surface area (TPSA) is 249 Å². The van der Waals surface area contributed by atoms with E-state index in [4.69, 9.17) is 23.6 Å². The maximum Gasteiger partial charge on any atom is 0.326 e. The molecule has 2 aromatic rings. The lowest BCUT2D eigenvalue weighted by molar-refractivity contribution is -0.287. The van der Waals surface area contributed by atoms with Gasteiger partial charge in [-0.25, -0.2) is 4.63 Å². The summed E-state index contributed by atoms with van der Waals surface area (Å²) in [6, 6.07) is 5.00. The highest BCUT2D eigenvalue weighted by atomic mass is 33.1. The molecule has 2 heterocycles. The van der Waals surface area contributed by atoms with E-state index < -0.39 is 61.8 Å². The Balaban J connectivity index is 1.14. The van der Waals surface area contributed by atoms with E-state index in [9.17, 15) is 44.4 Å². The molecule has 0 bridgehead atoms. The smallest absolute Gasteiger partial charge is 0.326 e. The normalized spacial score (nSPS) is 24.4. The molecule has 304 valence electrons. The molecule has 2 amide bonds. The van der Waals surface area contributed by atoms with Crippen molar-refractivity contribution in [1.29, 1.82) is 0 Å². The van der Waals surface area contributed by atoms with Gasteiger partial charge in [0.05, 0.1) is 6.61 Å². The van der Waals surface area contributed by atoms with Gasteiger partial charge >= 0.3 is 17.9 Å². The Kier molecular flexibility index (Phi) is 17.2. The third-order valence-corrected chi connectivity index (χ3v) is 12.0. The van der Waals surface area contributed by atoms with E-state index >= 15 is 0 Å². The third kappa shape index (κ3) is 12.6. The highest BCUT2D eigenvalue weighted by Gasteiger charge is 2.43. The predicted octanol–water partition coefficient (Wildman–Crippen LogP) is 1.69. The SMILES string of the molecule is CCSS/C(CCOC(=O)CCCC(=O)O[C@H]1CC[C@H](N(C)C(=O)c2ccc3nonc3c2)CC1)=C(/C)N(C=O)CC(=O)OCC1OC(O)C(O)C(O)C1O. The van der Waals surface area contributed by atoms with Crippen LogP contribution in [0.4, 0.5) is 0 Å². The molecule has 20 heteroatoms. The Labute approximate surface area is 325 Å². The van der Waals surface area contributed by atoms with Crippen LogP contribution in [-0.4, -0.2) is 146 Å². The second kappa shape index (κ2) is 21.5. The summed E-state index contributed by atoms with van der Waals surface area (Å²) in [5.41, 5.74) is 1.98. The van der Waals surface area contributed by atoms with Crippen molar-refractivity contribution in [1.82, 2.24) is 20.1 Å². The number of aromatic nitrogens is 2. The van der Waals surface area contributed by atoms with E-state index in [1.165, 1.54) is 21.6 Å². The molecule has 55 heavy (non-hydrogen) atoms. The maximum atomic E-state index is 13.0. The lowest BCUT2D eigenvalue weighted by Gasteiger charge is -2.37. The first kappa shape index (κ1) is 43.9. The molecular weight excluding hydrogens is 765 g/mol. The number of ether oxygens (including phenoxy) is 4. The first-order valence-electron chi connectivity index (χ1n) is 17.9. The number of esters is 3. The van der Waals surface area contributed by atoms with Crippen molar-refractivity contribution in [3.63, 3.8) is 0 Å². The summed E-state index contributed by atoms with van der Waals surface area (Å²) in [4.78, 5) is 66.0. The van der Waals surface area contributed by atoms with E-state index in [-0.39, 0.29) is 50.3 Å². The largest absolute Gasteiger partial charge is 0.465 e. The maximum absolute atomic E-state index is 13.0. The van der Waals surface area contributed by atoms with E-state index in [2.05, 4.69) is 10.3 Å². The summed E-state index contributed by atoms with van der Waals surface area (Å²) in [7, 11) is 4.60. The molecule has 1 aliphatic carbocycles. The van der Waals surface area contributed by atoms with Crippen LogP contribution in [0, 0.1) is 0 Å². The van der Waals surface area contributed by atoms with Crippen LogP contribution < -0.4 is 0 Å². The number of benzene rings is 1. The van der Waals surface area contributed by atoms with Gasteiger partial charge in [-0.1, -0.05) is 28.5 Å². The van der Waals surface area contributed by atoms with Gasteiger partial charge in [-0.15, -0.1) is 0 Å². The second-order valence-electron chi connectivity index (χ2n) is 13.1. The van der Waals surface area contributed by atoms with Gasteiger partial charge in [0.15, 0.2) is 6.29 Å². The fourth-order valence-electron chi connectivity index (χ4n) is 6.02. The van der Waals surface area contributed by atoms with Crippen LogP contribution in [0.5, 0.6) is 0 Å². The van der Waals surface area contributed by atoms with Crippen LogP contribution >= 0.6 is 21.6 Å². The predicted molar refractivity (Wildman–Crippen MR) is 197 cm³/mol. The monoisotopic (exact) mass is 812 g/mol. The van der Waals surface area contributed by atoms with Gasteiger partial charge < -0.3 is 49.2 Å². The first-order chi connectivity index (χ1) is 26.3. The lowest BCUT2D eigenvalue weighted by atomic mass is 9.91. The number of carbonyl (C=O) groups excluding carboxylic acids is 5. The van der Waals surface area contributed by atoms with Crippen LogP contribution in [0.1, 0.15) is 75.6 Å². The molecule has 2 aliphatic rings. The van der Waals surface area contributed by atoms with Crippen molar-refractivity contribution in [3.05, 3.63) is 34.4 Å². The quantitative estimate of drug-likeness (QED) is 0.0682. The van der Waals surface area contributed by atoms with Crippen LogP contribution in [0.15, 0.2) is 33.4 Å². The van der Waals surface area contributed by atoms with Gasteiger partial charge in [0.2, 0.25) is 6.41 Å². The molecule has 0 spiro atoms. The minimum atomic E-state index is -1.79. The number of carbonyl (C=O) groups is 5. The van der Waals surface area contributed by atoms with Gasteiger partial charge in [0.1, 0.15) is 54.7 Å². The van der Waals surface area contributed by atoms with Crippen LogP contribution in [0.25, 0.3) is 11.0 Å². The fraction of sp³-hybridized carbons (Fsp3) is 0.629. The van der Waals surface area contributed by atoms with Crippen molar-refractivity contribution in [2.75, 3.05) is 32.6 Å². The van der Waals surface area contributed by atoms with Crippen LogP contribution in [-0.2, 0) is 38.1 Å². The number of allylic oxidation sites excluding steroid dienone is 1. The van der Waals surface area contributed by atoms with Gasteiger partial charge in [-0.05, 0) is 67.5 Å². The molecule has 0 radical (unpaired) electrons. The Morgan fingerprint density at radius 1 is 0.927 bits per heavy atom. The average Bonchev–Trinajstić information content (AvgIpc) is 3.66. The molecule has 1 saturated heterocycles. The van der Waals surface area contributed by atoms with Gasteiger partial charge in [0, 0.05) is 54.3 Å². The fourth-order valence-corrected chi connectivity index (χ4v) is 8.08. The molecule has 5 atom stereocenters. The number of fused-ring (bicyclic) bond motifs is 1. The standard InChI is InChI=1S/C35H48N4O14S2/c1-4-54-55-27(20(2)39(19-40)17-30(43)50-18-26-31(44)32(45)33(46)35(48)52-26)14-15-49-28(41)6-5-7-29(42)51-23-11-9-22(10-12-23)38(3)34(47)21-8-13-24-25(16-21)37-53-36-24/h8,13,16,19,22-23,26,31-33,35,44-46,48H,4-7,9-12,14-15,17-18H2,1-3H3/b27-20-/t22-,23-,26?,31?,32?,33?,35?. The zero-order valence-corrected chi connectivity index (χ0v) is 32.4. The van der Waals surface area contributed by atoms with Crippen molar-refractivity contribution < 1.29 is 68.0 Å². The molecule has 4 N–H and O–H groups in total. The van der Waals surface area contributed by atoms with Crippen LogP contribution in [0.2, 0.25) is 0 Å². The summed E-state index contributed by atoms with van der Waals surface area (Å²) in [6.45, 7) is 2.50. The summed E-state index contributed by atoms with van der Waals surface area (Å²) < 4.78 is 25.8. The van der Waals surface area contributed by atoms with E-state index in [1.54, 1.807) is 37.1 Å². The van der Waals surface area contributed by atoms with Crippen molar-refractivity contribution in [3.8, 4) is 0 Å². The van der Waals surface area contributed by atoms with Crippen molar-refractivity contribution in [2.24, 2.45) is 0 Å². The number of aliphatic hydroxyl groups is 4. The van der Waals surface area contributed by atoms with Gasteiger partial charge in [-0.2, -0.15) is 0 Å². The minimum Gasteiger partial charge on any atom is -0.465 e. The molecule has 1 aromatic carbocycles. The molecule has 2 fully saturated rings.